The van der Waals surface area contributed by atoms with E-state index in [1.54, 1.807) is 0 Å². The van der Waals surface area contributed by atoms with Crippen LogP contribution in [-0.2, 0) is 11.3 Å². The van der Waals surface area contributed by atoms with Crippen molar-refractivity contribution in [2.24, 2.45) is 0 Å². The monoisotopic (exact) mass is 386 g/mol. The van der Waals surface area contributed by atoms with E-state index in [1.807, 2.05) is 0 Å². The van der Waals surface area contributed by atoms with E-state index < -0.39 is 17.8 Å². The molecule has 0 spiro atoms. The van der Waals surface area contributed by atoms with Gasteiger partial charge in [0.1, 0.15) is 5.75 Å². The van der Waals surface area contributed by atoms with Crippen LogP contribution in [0.1, 0.15) is 44.1 Å². The van der Waals surface area contributed by atoms with E-state index in [1.165, 1.54) is 19.2 Å². The van der Waals surface area contributed by atoms with Gasteiger partial charge in [0.05, 0.1) is 19.3 Å². The molecule has 3 rings (SSSR count). The maximum absolute atomic E-state index is 14.4. The topological polar surface area (TPSA) is 59.6 Å². The van der Waals surface area contributed by atoms with E-state index >= 15 is 0 Å². The summed E-state index contributed by atoms with van der Waals surface area (Å²) >= 11 is 0. The Balaban J connectivity index is 1.63. The maximum atomic E-state index is 14.4. The van der Waals surface area contributed by atoms with Crippen molar-refractivity contribution in [2.75, 3.05) is 13.7 Å². The molecule has 1 saturated carbocycles. The number of alkyl halides is 2. The average molecular weight is 386 g/mol. The molecule has 2 fully saturated rings. The quantitative estimate of drug-likeness (QED) is 0.789. The molecule has 1 aliphatic heterocycles. The van der Waals surface area contributed by atoms with Crippen molar-refractivity contribution in [3.8, 4) is 11.5 Å². The lowest BCUT2D eigenvalue weighted by atomic mass is 9.94. The van der Waals surface area contributed by atoms with Crippen LogP contribution in [-0.4, -0.2) is 37.6 Å². The van der Waals surface area contributed by atoms with Crippen molar-refractivity contribution in [3.05, 3.63) is 23.5 Å². The highest BCUT2D eigenvalue weighted by molar-refractivity contribution is 5.82. The Kier molecular flexibility index (Phi) is 6.14. The first-order valence-electron chi connectivity index (χ1n) is 9.30. The molecule has 27 heavy (non-hydrogen) atoms. The predicted molar refractivity (Wildman–Crippen MR) is 93.7 cm³/mol. The third kappa shape index (κ3) is 5.06. The molecule has 1 aliphatic carbocycles. The summed E-state index contributed by atoms with van der Waals surface area (Å²) in [6, 6.07) is 2.46. The van der Waals surface area contributed by atoms with Gasteiger partial charge in [0.2, 0.25) is 11.8 Å². The van der Waals surface area contributed by atoms with Crippen LogP contribution < -0.4 is 20.1 Å². The summed E-state index contributed by atoms with van der Waals surface area (Å²) in [6.07, 6.45) is 1.15. The number of halogens is 3. The third-order valence-corrected chi connectivity index (χ3v) is 5.12. The molecule has 5 nitrogen and oxygen atoms in total. The molecule has 2 N–H and O–H groups in total. The van der Waals surface area contributed by atoms with Crippen LogP contribution in [0, 0.1) is 5.82 Å². The molecule has 1 saturated heterocycles. The normalized spacial score (nSPS) is 22.4. The number of amides is 1. The van der Waals surface area contributed by atoms with Gasteiger partial charge in [-0.15, -0.1) is 0 Å². The van der Waals surface area contributed by atoms with Gasteiger partial charge in [-0.2, -0.15) is 0 Å². The Morgan fingerprint density at radius 1 is 1.26 bits per heavy atom. The first-order valence-corrected chi connectivity index (χ1v) is 9.30. The molecule has 150 valence electrons. The summed E-state index contributed by atoms with van der Waals surface area (Å²) in [4.78, 5) is 12.1. The van der Waals surface area contributed by atoms with Gasteiger partial charge in [-0.05, 0) is 38.3 Å². The highest BCUT2D eigenvalue weighted by Gasteiger charge is 2.36. The predicted octanol–water partition coefficient (Wildman–Crippen LogP) is 3.16. The average Bonchev–Trinajstić information content (AvgIpc) is 3.18. The molecule has 0 aromatic heterocycles. The van der Waals surface area contributed by atoms with Crippen LogP contribution in [0.3, 0.4) is 0 Å². The minimum atomic E-state index is -2.66. The van der Waals surface area contributed by atoms with Gasteiger partial charge in [-0.1, -0.05) is 0 Å². The molecular formula is C19H25F3N2O3. The van der Waals surface area contributed by atoms with Gasteiger partial charge in [0, 0.05) is 31.0 Å². The maximum Gasteiger partial charge on any atom is 0.248 e. The lowest BCUT2D eigenvalue weighted by Crippen LogP contribution is -2.40. The fourth-order valence-corrected chi connectivity index (χ4v) is 3.52. The van der Waals surface area contributed by atoms with Crippen molar-refractivity contribution in [2.45, 2.75) is 63.1 Å². The van der Waals surface area contributed by atoms with Gasteiger partial charge < -0.3 is 20.1 Å². The van der Waals surface area contributed by atoms with E-state index in [0.717, 1.165) is 19.4 Å². The largest absolute Gasteiger partial charge is 0.496 e. The van der Waals surface area contributed by atoms with Crippen molar-refractivity contribution in [1.82, 2.24) is 10.6 Å². The van der Waals surface area contributed by atoms with Gasteiger partial charge in [0.25, 0.3) is 0 Å². The molecule has 0 bridgehead atoms. The number of hydrogen-bond donors (Lipinski definition) is 2. The molecule has 8 heteroatoms. The second-order valence-electron chi connectivity index (χ2n) is 7.13. The summed E-state index contributed by atoms with van der Waals surface area (Å²) in [6.45, 7) is 0.947. The fourth-order valence-electron chi connectivity index (χ4n) is 3.52. The smallest absolute Gasteiger partial charge is 0.248 e. The Morgan fingerprint density at radius 2 is 2.00 bits per heavy atom. The minimum absolute atomic E-state index is 0.0189. The highest BCUT2D eigenvalue weighted by atomic mass is 19.3. The zero-order valence-corrected chi connectivity index (χ0v) is 15.3. The summed E-state index contributed by atoms with van der Waals surface area (Å²) in [5.74, 6) is -3.02. The molecule has 1 amide bonds. The first kappa shape index (κ1) is 19.8. The summed E-state index contributed by atoms with van der Waals surface area (Å²) in [5, 5.41) is 5.88. The van der Waals surface area contributed by atoms with Gasteiger partial charge in [-0.25, -0.2) is 13.2 Å². The number of rotatable bonds is 6. The summed E-state index contributed by atoms with van der Waals surface area (Å²) < 4.78 is 51.8. The standard InChI is InChI=1S/C19H25F3N2O3/c1-26-16-10-17(27-13-4-6-19(21,22)7-5-13)14(20)9-12(16)11-24-18(25)15-3-2-8-23-15/h9-10,13,15,23H,2-8,11H2,1H3,(H,24,25)/t15-/m0/s1. The Morgan fingerprint density at radius 3 is 2.63 bits per heavy atom. The SMILES string of the molecule is COc1cc(OC2CCC(F)(F)CC2)c(F)cc1CNC(=O)[C@@H]1CCCN1. The lowest BCUT2D eigenvalue weighted by molar-refractivity contribution is -0.122. The molecular weight excluding hydrogens is 361 g/mol. The molecule has 1 atom stereocenters. The van der Waals surface area contributed by atoms with Gasteiger partial charge in [-0.3, -0.25) is 4.79 Å². The second-order valence-corrected chi connectivity index (χ2v) is 7.13. The number of hydrogen-bond acceptors (Lipinski definition) is 4. The first-order chi connectivity index (χ1) is 12.9. The van der Waals surface area contributed by atoms with Crippen molar-refractivity contribution < 1.29 is 27.4 Å². The van der Waals surface area contributed by atoms with Crippen LogP contribution >= 0.6 is 0 Å². The van der Waals surface area contributed by atoms with E-state index in [4.69, 9.17) is 9.47 Å². The number of benzene rings is 1. The minimum Gasteiger partial charge on any atom is -0.496 e. The van der Waals surface area contributed by atoms with Crippen LogP contribution in [0.15, 0.2) is 12.1 Å². The summed E-state index contributed by atoms with van der Waals surface area (Å²) in [5.41, 5.74) is 0.490. The molecule has 0 unspecified atom stereocenters. The number of methoxy groups -OCH3 is 1. The Hall–Kier alpha value is -1.96. The Bertz CT molecular complexity index is 668. The molecule has 2 aliphatic rings. The van der Waals surface area contributed by atoms with Crippen LogP contribution in [0.25, 0.3) is 0 Å². The van der Waals surface area contributed by atoms with Crippen molar-refractivity contribution in [1.29, 1.82) is 0 Å². The fraction of sp³-hybridized carbons (Fsp3) is 0.632. The number of nitrogens with one attached hydrogen (secondary N) is 2. The van der Waals surface area contributed by atoms with E-state index in [9.17, 15) is 18.0 Å². The van der Waals surface area contributed by atoms with E-state index in [2.05, 4.69) is 10.6 Å². The third-order valence-electron chi connectivity index (χ3n) is 5.12. The van der Waals surface area contributed by atoms with Crippen LogP contribution in [0.4, 0.5) is 13.2 Å². The molecule has 0 radical (unpaired) electrons. The van der Waals surface area contributed by atoms with Gasteiger partial charge in [0.15, 0.2) is 11.6 Å². The lowest BCUT2D eigenvalue weighted by Gasteiger charge is -2.29. The number of ether oxygens (including phenoxy) is 2. The number of carbonyl (C=O) groups excluding carboxylic acids is 1. The number of carbonyl (C=O) groups is 1. The second kappa shape index (κ2) is 8.37. The van der Waals surface area contributed by atoms with Crippen molar-refractivity contribution in [3.63, 3.8) is 0 Å². The van der Waals surface area contributed by atoms with Crippen molar-refractivity contribution >= 4 is 5.91 Å². The molecule has 1 aromatic rings. The van der Waals surface area contributed by atoms with Crippen LogP contribution in [0.5, 0.6) is 11.5 Å². The zero-order chi connectivity index (χ0) is 19.4. The molecule has 1 aromatic carbocycles. The zero-order valence-electron chi connectivity index (χ0n) is 15.3. The molecule has 1 heterocycles. The summed E-state index contributed by atoms with van der Waals surface area (Å²) in [7, 11) is 1.45. The highest BCUT2D eigenvalue weighted by Crippen LogP contribution is 2.36. The van der Waals surface area contributed by atoms with E-state index in [0.29, 0.717) is 11.3 Å². The Labute approximate surface area is 156 Å². The van der Waals surface area contributed by atoms with E-state index in [-0.39, 0.29) is 49.9 Å². The van der Waals surface area contributed by atoms with Crippen LogP contribution in [0.2, 0.25) is 0 Å². The van der Waals surface area contributed by atoms with Gasteiger partial charge >= 0.3 is 0 Å².